The van der Waals surface area contributed by atoms with Crippen molar-refractivity contribution in [1.82, 2.24) is 5.32 Å². The summed E-state index contributed by atoms with van der Waals surface area (Å²) in [6.45, 7) is 7.92. The van der Waals surface area contributed by atoms with Gasteiger partial charge in [-0.3, -0.25) is 4.79 Å². The van der Waals surface area contributed by atoms with Crippen LogP contribution < -0.4 is 14.8 Å². The van der Waals surface area contributed by atoms with E-state index in [1.54, 1.807) is 14.0 Å². The van der Waals surface area contributed by atoms with Crippen molar-refractivity contribution in [2.24, 2.45) is 0 Å². The zero-order chi connectivity index (χ0) is 19.1. The summed E-state index contributed by atoms with van der Waals surface area (Å²) in [5.74, 6) is 1.50. The van der Waals surface area contributed by atoms with Gasteiger partial charge in [0.2, 0.25) is 0 Å². The Kier molecular flexibility index (Phi) is 7.07. The van der Waals surface area contributed by atoms with Crippen LogP contribution in [0.1, 0.15) is 49.9 Å². The second-order valence-corrected chi connectivity index (χ2v) is 6.42. The monoisotopic (exact) mass is 355 g/mol. The molecule has 2 rings (SSSR count). The standard InChI is InChI=1S/C22H29NO3/c1-6-17-10-8-9-11-21(17)26-16(4)22(24)23-19(7-2)18-12-13-20(25-5)15(3)14-18/h8-14,16,19H,6-7H2,1-5H3,(H,23,24)/t16-,19+/m1/s1. The van der Waals surface area contributed by atoms with E-state index in [9.17, 15) is 4.79 Å². The molecule has 2 aromatic carbocycles. The summed E-state index contributed by atoms with van der Waals surface area (Å²) in [6.07, 6.45) is 1.11. The molecule has 0 aliphatic rings. The van der Waals surface area contributed by atoms with Crippen LogP contribution in [-0.2, 0) is 11.2 Å². The van der Waals surface area contributed by atoms with Gasteiger partial charge in [-0.15, -0.1) is 0 Å². The first-order chi connectivity index (χ1) is 12.5. The van der Waals surface area contributed by atoms with Gasteiger partial charge in [-0.25, -0.2) is 0 Å². The van der Waals surface area contributed by atoms with Crippen molar-refractivity contribution in [3.8, 4) is 11.5 Å². The molecule has 0 aromatic heterocycles. The molecular formula is C22H29NO3. The number of carbonyl (C=O) groups is 1. The van der Waals surface area contributed by atoms with Crippen LogP contribution in [0.4, 0.5) is 0 Å². The predicted octanol–water partition coefficient (Wildman–Crippen LogP) is 4.60. The molecule has 1 N–H and O–H groups in total. The van der Waals surface area contributed by atoms with E-state index in [-0.39, 0.29) is 11.9 Å². The quantitative estimate of drug-likeness (QED) is 0.753. The molecular weight excluding hydrogens is 326 g/mol. The van der Waals surface area contributed by atoms with Gasteiger partial charge in [0, 0.05) is 0 Å². The van der Waals surface area contributed by atoms with E-state index in [4.69, 9.17) is 9.47 Å². The van der Waals surface area contributed by atoms with Crippen LogP contribution in [0.2, 0.25) is 0 Å². The largest absolute Gasteiger partial charge is 0.496 e. The van der Waals surface area contributed by atoms with Gasteiger partial charge in [0.05, 0.1) is 13.2 Å². The molecule has 0 spiro atoms. The molecule has 4 heteroatoms. The summed E-state index contributed by atoms with van der Waals surface area (Å²) in [7, 11) is 1.66. The third-order valence-electron chi connectivity index (χ3n) is 4.57. The number of hydrogen-bond donors (Lipinski definition) is 1. The molecule has 0 saturated heterocycles. The molecule has 0 heterocycles. The number of benzene rings is 2. The molecule has 0 saturated carbocycles. The van der Waals surface area contributed by atoms with Crippen LogP contribution in [0.5, 0.6) is 11.5 Å². The molecule has 1 amide bonds. The number of aryl methyl sites for hydroxylation is 2. The SMILES string of the molecule is CCc1ccccc1O[C@H](C)C(=O)N[C@@H](CC)c1ccc(OC)c(C)c1. The molecule has 0 aliphatic heterocycles. The molecule has 0 radical (unpaired) electrons. The van der Waals surface area contributed by atoms with E-state index in [0.717, 1.165) is 41.0 Å². The lowest BCUT2D eigenvalue weighted by molar-refractivity contribution is -0.128. The Morgan fingerprint density at radius 3 is 2.46 bits per heavy atom. The second-order valence-electron chi connectivity index (χ2n) is 6.42. The topological polar surface area (TPSA) is 47.6 Å². The highest BCUT2D eigenvalue weighted by molar-refractivity contribution is 5.81. The number of rotatable bonds is 8. The Morgan fingerprint density at radius 2 is 1.85 bits per heavy atom. The molecule has 140 valence electrons. The number of ether oxygens (including phenoxy) is 2. The van der Waals surface area contributed by atoms with Gasteiger partial charge >= 0.3 is 0 Å². The van der Waals surface area contributed by atoms with Crippen molar-refractivity contribution in [2.75, 3.05) is 7.11 Å². The summed E-state index contributed by atoms with van der Waals surface area (Å²) in [5.41, 5.74) is 3.23. The number of para-hydroxylation sites is 1. The van der Waals surface area contributed by atoms with Crippen molar-refractivity contribution in [1.29, 1.82) is 0 Å². The molecule has 0 bridgehead atoms. The van der Waals surface area contributed by atoms with E-state index >= 15 is 0 Å². The third-order valence-corrected chi connectivity index (χ3v) is 4.57. The summed E-state index contributed by atoms with van der Waals surface area (Å²) >= 11 is 0. The number of hydrogen-bond acceptors (Lipinski definition) is 3. The maximum atomic E-state index is 12.6. The van der Waals surface area contributed by atoms with Crippen LogP contribution in [0.25, 0.3) is 0 Å². The third kappa shape index (κ3) is 4.78. The van der Waals surface area contributed by atoms with Gasteiger partial charge in [0.25, 0.3) is 5.91 Å². The van der Waals surface area contributed by atoms with Gasteiger partial charge < -0.3 is 14.8 Å². The lowest BCUT2D eigenvalue weighted by Gasteiger charge is -2.22. The average Bonchev–Trinajstić information content (AvgIpc) is 2.66. The van der Waals surface area contributed by atoms with Crippen molar-refractivity contribution >= 4 is 5.91 Å². The lowest BCUT2D eigenvalue weighted by atomic mass is 10.0. The summed E-state index contributed by atoms with van der Waals surface area (Å²) in [5, 5.41) is 3.10. The molecule has 0 unspecified atom stereocenters. The maximum absolute atomic E-state index is 12.6. The first-order valence-electron chi connectivity index (χ1n) is 9.19. The molecule has 4 nitrogen and oxygen atoms in total. The van der Waals surface area contributed by atoms with Crippen LogP contribution in [0.3, 0.4) is 0 Å². The molecule has 2 aromatic rings. The molecule has 0 aliphatic carbocycles. The Labute approximate surface area is 156 Å². The zero-order valence-corrected chi connectivity index (χ0v) is 16.3. The van der Waals surface area contributed by atoms with E-state index in [0.29, 0.717) is 0 Å². The average molecular weight is 355 g/mol. The van der Waals surface area contributed by atoms with Gasteiger partial charge in [-0.05, 0) is 55.5 Å². The van der Waals surface area contributed by atoms with E-state index in [1.165, 1.54) is 0 Å². The van der Waals surface area contributed by atoms with Gasteiger partial charge in [-0.1, -0.05) is 44.2 Å². The summed E-state index contributed by atoms with van der Waals surface area (Å²) < 4.78 is 11.2. The van der Waals surface area contributed by atoms with Crippen LogP contribution in [0.15, 0.2) is 42.5 Å². The number of amides is 1. The minimum atomic E-state index is -0.559. The maximum Gasteiger partial charge on any atom is 0.261 e. The van der Waals surface area contributed by atoms with Crippen molar-refractivity contribution in [3.05, 3.63) is 59.2 Å². The highest BCUT2D eigenvalue weighted by Crippen LogP contribution is 2.25. The Bertz CT molecular complexity index is 742. The Balaban J connectivity index is 2.07. The fraction of sp³-hybridized carbons (Fsp3) is 0.409. The van der Waals surface area contributed by atoms with Crippen LogP contribution >= 0.6 is 0 Å². The molecule has 0 fully saturated rings. The molecule has 26 heavy (non-hydrogen) atoms. The van der Waals surface area contributed by atoms with Crippen LogP contribution in [0, 0.1) is 6.92 Å². The Hall–Kier alpha value is -2.49. The lowest BCUT2D eigenvalue weighted by Crippen LogP contribution is -2.38. The summed E-state index contributed by atoms with van der Waals surface area (Å²) in [4.78, 5) is 12.6. The fourth-order valence-corrected chi connectivity index (χ4v) is 2.98. The number of carbonyl (C=O) groups excluding carboxylic acids is 1. The first kappa shape index (κ1) is 19.8. The van der Waals surface area contributed by atoms with E-state index in [1.807, 2.05) is 43.3 Å². The van der Waals surface area contributed by atoms with Gasteiger partial charge in [0.15, 0.2) is 6.10 Å². The molecule has 2 atom stereocenters. The number of nitrogens with one attached hydrogen (secondary N) is 1. The van der Waals surface area contributed by atoms with E-state index in [2.05, 4.69) is 25.2 Å². The van der Waals surface area contributed by atoms with Crippen molar-refractivity contribution < 1.29 is 14.3 Å². The highest BCUT2D eigenvalue weighted by Gasteiger charge is 2.20. The van der Waals surface area contributed by atoms with E-state index < -0.39 is 6.10 Å². The highest BCUT2D eigenvalue weighted by atomic mass is 16.5. The normalized spacial score (nSPS) is 13.0. The zero-order valence-electron chi connectivity index (χ0n) is 16.3. The first-order valence-corrected chi connectivity index (χ1v) is 9.19. The fourth-order valence-electron chi connectivity index (χ4n) is 2.98. The van der Waals surface area contributed by atoms with Crippen LogP contribution in [-0.4, -0.2) is 19.1 Å². The van der Waals surface area contributed by atoms with Crippen molar-refractivity contribution in [3.63, 3.8) is 0 Å². The number of methoxy groups -OCH3 is 1. The minimum absolute atomic E-state index is 0.0559. The minimum Gasteiger partial charge on any atom is -0.496 e. The van der Waals surface area contributed by atoms with Crippen molar-refractivity contribution in [2.45, 2.75) is 52.7 Å². The summed E-state index contributed by atoms with van der Waals surface area (Å²) in [6, 6.07) is 13.8. The van der Waals surface area contributed by atoms with Gasteiger partial charge in [-0.2, -0.15) is 0 Å². The van der Waals surface area contributed by atoms with Gasteiger partial charge in [0.1, 0.15) is 11.5 Å². The Morgan fingerprint density at radius 1 is 1.12 bits per heavy atom. The second kappa shape index (κ2) is 9.27. The smallest absolute Gasteiger partial charge is 0.261 e. The predicted molar refractivity (Wildman–Crippen MR) is 105 cm³/mol.